The SMILES string of the molecule is CC(O)(Cc1ccc(O)cc1)C1CCCCN1. The van der Waals surface area contributed by atoms with Crippen molar-refractivity contribution >= 4 is 0 Å². The predicted molar refractivity (Wildman–Crippen MR) is 68.1 cm³/mol. The fourth-order valence-electron chi connectivity index (χ4n) is 2.53. The largest absolute Gasteiger partial charge is 0.508 e. The molecule has 1 saturated heterocycles. The first-order valence-electron chi connectivity index (χ1n) is 6.31. The molecule has 3 nitrogen and oxygen atoms in total. The van der Waals surface area contributed by atoms with Gasteiger partial charge in [0, 0.05) is 12.5 Å². The number of hydrogen-bond donors (Lipinski definition) is 3. The minimum absolute atomic E-state index is 0.171. The first-order chi connectivity index (χ1) is 8.08. The Hall–Kier alpha value is -1.06. The van der Waals surface area contributed by atoms with Crippen LogP contribution in [0.4, 0.5) is 0 Å². The van der Waals surface area contributed by atoms with Gasteiger partial charge >= 0.3 is 0 Å². The first-order valence-corrected chi connectivity index (χ1v) is 6.31. The molecule has 1 aromatic rings. The predicted octanol–water partition coefficient (Wildman–Crippen LogP) is 1.83. The van der Waals surface area contributed by atoms with E-state index < -0.39 is 5.60 Å². The Bertz CT molecular complexity index is 353. The van der Waals surface area contributed by atoms with Gasteiger partial charge in [0.2, 0.25) is 0 Å². The Morgan fingerprint density at radius 3 is 2.59 bits per heavy atom. The third-order valence-corrected chi connectivity index (χ3v) is 3.56. The molecule has 0 spiro atoms. The highest BCUT2D eigenvalue weighted by atomic mass is 16.3. The Kier molecular flexibility index (Phi) is 3.69. The van der Waals surface area contributed by atoms with Crippen LogP contribution in [-0.4, -0.2) is 28.4 Å². The molecule has 0 amide bonds. The van der Waals surface area contributed by atoms with Gasteiger partial charge in [0.05, 0.1) is 5.60 Å². The number of aromatic hydroxyl groups is 1. The van der Waals surface area contributed by atoms with E-state index >= 15 is 0 Å². The molecular weight excluding hydrogens is 214 g/mol. The molecule has 0 bridgehead atoms. The summed E-state index contributed by atoms with van der Waals surface area (Å²) in [6.45, 7) is 2.89. The number of phenols is 1. The van der Waals surface area contributed by atoms with E-state index in [1.165, 1.54) is 12.8 Å². The molecule has 3 N–H and O–H groups in total. The standard InChI is InChI=1S/C14H21NO2/c1-14(17,13-4-2-3-9-15-13)10-11-5-7-12(16)8-6-11/h5-8,13,15-17H,2-4,9-10H2,1H3. The Balaban J connectivity index is 2.02. The summed E-state index contributed by atoms with van der Waals surface area (Å²) in [6.07, 6.45) is 4.03. The van der Waals surface area contributed by atoms with Gasteiger partial charge in [-0.15, -0.1) is 0 Å². The summed E-state index contributed by atoms with van der Waals surface area (Å²) >= 11 is 0. The van der Waals surface area contributed by atoms with Gasteiger partial charge in [0.25, 0.3) is 0 Å². The summed E-state index contributed by atoms with van der Waals surface area (Å²) in [7, 11) is 0. The summed E-state index contributed by atoms with van der Waals surface area (Å²) in [5, 5.41) is 23.2. The lowest BCUT2D eigenvalue weighted by Gasteiger charge is -2.36. The van der Waals surface area contributed by atoms with Crippen molar-refractivity contribution in [1.29, 1.82) is 0 Å². The van der Waals surface area contributed by atoms with Crippen molar-refractivity contribution in [3.8, 4) is 5.75 Å². The van der Waals surface area contributed by atoms with E-state index in [0.29, 0.717) is 6.42 Å². The number of nitrogens with one attached hydrogen (secondary N) is 1. The second kappa shape index (κ2) is 5.07. The summed E-state index contributed by atoms with van der Waals surface area (Å²) in [5.41, 5.74) is 0.331. The van der Waals surface area contributed by atoms with E-state index in [-0.39, 0.29) is 11.8 Å². The lowest BCUT2D eigenvalue weighted by Crippen LogP contribution is -2.52. The smallest absolute Gasteiger partial charge is 0.115 e. The average molecular weight is 235 g/mol. The summed E-state index contributed by atoms with van der Waals surface area (Å²) < 4.78 is 0. The summed E-state index contributed by atoms with van der Waals surface area (Å²) in [6, 6.07) is 7.24. The van der Waals surface area contributed by atoms with E-state index in [9.17, 15) is 10.2 Å². The number of phenolic OH excluding ortho intramolecular Hbond substituents is 1. The van der Waals surface area contributed by atoms with E-state index in [0.717, 1.165) is 18.5 Å². The zero-order valence-electron chi connectivity index (χ0n) is 10.3. The number of benzene rings is 1. The van der Waals surface area contributed by atoms with E-state index in [1.54, 1.807) is 12.1 Å². The summed E-state index contributed by atoms with van der Waals surface area (Å²) in [5.74, 6) is 0.268. The zero-order chi connectivity index (χ0) is 12.3. The minimum atomic E-state index is -0.725. The normalized spacial score (nSPS) is 24.2. The van der Waals surface area contributed by atoms with Crippen molar-refractivity contribution in [2.45, 2.75) is 44.2 Å². The maximum Gasteiger partial charge on any atom is 0.115 e. The lowest BCUT2D eigenvalue weighted by atomic mass is 9.84. The zero-order valence-corrected chi connectivity index (χ0v) is 10.3. The minimum Gasteiger partial charge on any atom is -0.508 e. The van der Waals surface area contributed by atoms with Gasteiger partial charge in [-0.2, -0.15) is 0 Å². The van der Waals surface area contributed by atoms with Crippen molar-refractivity contribution in [1.82, 2.24) is 5.32 Å². The van der Waals surface area contributed by atoms with Crippen molar-refractivity contribution < 1.29 is 10.2 Å². The molecule has 94 valence electrons. The molecule has 2 rings (SSSR count). The van der Waals surface area contributed by atoms with Gasteiger partial charge in [0.1, 0.15) is 5.75 Å². The average Bonchev–Trinajstić information content (AvgIpc) is 2.33. The van der Waals surface area contributed by atoms with Crippen LogP contribution in [0.5, 0.6) is 5.75 Å². The number of aliphatic hydroxyl groups is 1. The molecule has 1 heterocycles. The van der Waals surface area contributed by atoms with Gasteiger partial charge in [-0.1, -0.05) is 18.6 Å². The second-order valence-electron chi connectivity index (χ2n) is 5.20. The molecular formula is C14H21NO2. The van der Waals surface area contributed by atoms with Crippen LogP contribution in [0.3, 0.4) is 0 Å². The molecule has 1 aliphatic heterocycles. The number of piperidine rings is 1. The molecule has 0 aliphatic carbocycles. The molecule has 2 unspecified atom stereocenters. The Labute approximate surface area is 102 Å². The van der Waals surface area contributed by atoms with E-state index in [4.69, 9.17) is 0 Å². The van der Waals surface area contributed by atoms with Crippen molar-refractivity contribution in [2.24, 2.45) is 0 Å². The quantitative estimate of drug-likeness (QED) is 0.749. The number of hydrogen-bond acceptors (Lipinski definition) is 3. The van der Waals surface area contributed by atoms with Crippen LogP contribution in [0.25, 0.3) is 0 Å². The monoisotopic (exact) mass is 235 g/mol. The molecule has 0 aromatic heterocycles. The first kappa shape index (κ1) is 12.4. The molecule has 3 heteroatoms. The van der Waals surface area contributed by atoms with Gasteiger partial charge in [-0.3, -0.25) is 0 Å². The molecule has 1 aromatic carbocycles. The van der Waals surface area contributed by atoms with Crippen LogP contribution >= 0.6 is 0 Å². The van der Waals surface area contributed by atoms with Crippen molar-refractivity contribution in [3.63, 3.8) is 0 Å². The van der Waals surface area contributed by atoms with E-state index in [1.807, 2.05) is 19.1 Å². The highest BCUT2D eigenvalue weighted by Gasteiger charge is 2.32. The van der Waals surface area contributed by atoms with Gasteiger partial charge in [-0.05, 0) is 44.0 Å². The highest BCUT2D eigenvalue weighted by Crippen LogP contribution is 2.24. The van der Waals surface area contributed by atoms with Crippen molar-refractivity contribution in [2.75, 3.05) is 6.54 Å². The highest BCUT2D eigenvalue weighted by molar-refractivity contribution is 5.27. The van der Waals surface area contributed by atoms with Gasteiger partial charge in [0.15, 0.2) is 0 Å². The van der Waals surface area contributed by atoms with Crippen molar-refractivity contribution in [3.05, 3.63) is 29.8 Å². The maximum atomic E-state index is 10.5. The Morgan fingerprint density at radius 2 is 2.00 bits per heavy atom. The lowest BCUT2D eigenvalue weighted by molar-refractivity contribution is 0.0104. The third-order valence-electron chi connectivity index (χ3n) is 3.56. The van der Waals surface area contributed by atoms with Crippen LogP contribution in [0, 0.1) is 0 Å². The summed E-state index contributed by atoms with van der Waals surface area (Å²) in [4.78, 5) is 0. The molecule has 2 atom stereocenters. The molecule has 0 radical (unpaired) electrons. The second-order valence-corrected chi connectivity index (χ2v) is 5.20. The third kappa shape index (κ3) is 3.20. The molecule has 0 saturated carbocycles. The van der Waals surface area contributed by atoms with Crippen LogP contribution < -0.4 is 5.32 Å². The number of rotatable bonds is 3. The van der Waals surface area contributed by atoms with E-state index in [2.05, 4.69) is 5.32 Å². The van der Waals surface area contributed by atoms with Crippen LogP contribution in [0.1, 0.15) is 31.7 Å². The van der Waals surface area contributed by atoms with Crippen LogP contribution in [0.15, 0.2) is 24.3 Å². The molecule has 1 aliphatic rings. The van der Waals surface area contributed by atoms with Crippen LogP contribution in [-0.2, 0) is 6.42 Å². The fourth-order valence-corrected chi connectivity index (χ4v) is 2.53. The Morgan fingerprint density at radius 1 is 1.29 bits per heavy atom. The molecule has 17 heavy (non-hydrogen) atoms. The topological polar surface area (TPSA) is 52.5 Å². The maximum absolute atomic E-state index is 10.5. The van der Waals surface area contributed by atoms with Crippen LogP contribution in [0.2, 0.25) is 0 Å². The fraction of sp³-hybridized carbons (Fsp3) is 0.571. The molecule has 1 fully saturated rings. The van der Waals surface area contributed by atoms with Gasteiger partial charge in [-0.25, -0.2) is 0 Å². The van der Waals surface area contributed by atoms with Gasteiger partial charge < -0.3 is 15.5 Å².